The molecule has 4 nitrogen and oxygen atoms in total. The number of phosphoric acid groups is 1. The molecule has 7 heavy (non-hydrogen) atoms. The summed E-state index contributed by atoms with van der Waals surface area (Å²) in [5.74, 6) is 0. The summed E-state index contributed by atoms with van der Waals surface area (Å²) in [5, 5.41) is 0. The van der Waals surface area contributed by atoms with Crippen molar-refractivity contribution in [3.05, 3.63) is 0 Å². The molecule has 0 unspecified atom stereocenters. The van der Waals surface area contributed by atoms with Crippen molar-refractivity contribution >= 4 is 37.2 Å². The van der Waals surface area contributed by atoms with Crippen molar-refractivity contribution in [3.8, 4) is 0 Å². The van der Waals surface area contributed by atoms with Gasteiger partial charge in [0.15, 0.2) is 0 Å². The lowest BCUT2D eigenvalue weighted by atomic mass is 15.8. The molecule has 0 atom stereocenters. The lowest BCUT2D eigenvalue weighted by molar-refractivity contribution is 0.275. The molecule has 0 bridgehead atoms. The molecule has 0 aliphatic rings. The van der Waals surface area contributed by atoms with Crippen LogP contribution in [0.3, 0.4) is 0 Å². The van der Waals surface area contributed by atoms with Crippen LogP contribution >= 0.6 is 37.2 Å². The third kappa shape index (κ3) is 212. The molecule has 3 N–H and O–H groups in total. The molecule has 0 rings (SSSR count). The van der Waals surface area contributed by atoms with E-state index in [0.29, 0.717) is 0 Å². The Hall–Kier alpha value is 0.880. The van der Waals surface area contributed by atoms with E-state index in [0.717, 1.165) is 0 Å². The average molecular weight is 215 g/mol. The van der Waals surface area contributed by atoms with E-state index in [1.807, 2.05) is 0 Å². The Labute approximate surface area is 57.0 Å². The van der Waals surface area contributed by atoms with Crippen LogP contribution in [0.25, 0.3) is 0 Å². The summed E-state index contributed by atoms with van der Waals surface area (Å²) in [6, 6.07) is 0. The maximum atomic E-state index is 8.88. The molecular weight excluding hydrogens is 210 g/mol. The molecule has 0 aliphatic heterocycles. The highest BCUT2D eigenvalue weighted by Crippen LogP contribution is 2.25. The minimum absolute atomic E-state index is 0. The summed E-state index contributed by atoms with van der Waals surface area (Å²) in [4.78, 5) is 21.6. The normalized spacial score (nSPS) is 8.43. The summed E-state index contributed by atoms with van der Waals surface area (Å²) < 4.78 is 8.88. The van der Waals surface area contributed by atoms with E-state index in [-0.39, 0.29) is 29.4 Å². The molecule has 0 fully saturated rings. The van der Waals surface area contributed by atoms with Gasteiger partial charge in [0.05, 0.1) is 0 Å². The van der Waals surface area contributed by atoms with Crippen molar-refractivity contribution in [1.82, 2.24) is 0 Å². The average Bonchev–Trinajstić information content (AvgIpc) is 0.722. The van der Waals surface area contributed by atoms with Crippen LogP contribution in [0.1, 0.15) is 0 Å². The van der Waals surface area contributed by atoms with Crippen molar-refractivity contribution in [3.63, 3.8) is 0 Å². The Morgan fingerprint density at radius 2 is 1.14 bits per heavy atom. The van der Waals surface area contributed by atoms with Crippen LogP contribution in [0.5, 0.6) is 0 Å². The van der Waals surface area contributed by atoms with Gasteiger partial charge in [-0.25, -0.2) is 4.57 Å². The Balaban J connectivity index is -0.0000000800. The van der Waals surface area contributed by atoms with Gasteiger partial charge in [-0.1, -0.05) is 0 Å². The van der Waals surface area contributed by atoms with E-state index < -0.39 is 7.82 Å². The van der Waals surface area contributed by atoms with Gasteiger partial charge in [-0.15, -0.1) is 29.4 Å². The minimum Gasteiger partial charge on any atom is -0.303 e. The monoisotopic (exact) mass is 214 g/mol. The number of rotatable bonds is 0. The third-order valence-electron chi connectivity index (χ3n) is 0. The lowest BCUT2D eigenvalue weighted by Crippen LogP contribution is -1.66. The van der Waals surface area contributed by atoms with Crippen molar-refractivity contribution < 1.29 is 19.2 Å². The molecule has 0 amide bonds. The quantitative estimate of drug-likeness (QED) is 0.500. The first-order chi connectivity index (χ1) is 2.00. The molecule has 48 valence electrons. The predicted octanol–water partition coefficient (Wildman–Crippen LogP) is 0.0711. The summed E-state index contributed by atoms with van der Waals surface area (Å²) in [7, 11) is -4.64. The third-order valence-corrected chi connectivity index (χ3v) is 0. The highest BCUT2D eigenvalue weighted by atomic mass is 79.9. The van der Waals surface area contributed by atoms with Gasteiger partial charge in [0.25, 0.3) is 0 Å². The van der Waals surface area contributed by atoms with Crippen LogP contribution in [0.4, 0.5) is 0 Å². The van der Waals surface area contributed by atoms with E-state index >= 15 is 0 Å². The summed E-state index contributed by atoms with van der Waals surface area (Å²) in [6.45, 7) is 0. The maximum Gasteiger partial charge on any atom is 0.466 e. The topological polar surface area (TPSA) is 77.8 Å². The van der Waals surface area contributed by atoms with Gasteiger partial charge >= 0.3 is 7.82 Å². The summed E-state index contributed by atoms with van der Waals surface area (Å²) >= 11 is 0. The number of halogens is 2. The SMILES string of the molecule is Br.Cl.O=P(O)(O)O. The Bertz CT molecular complexity index is 57.8. The molecule has 0 aromatic rings. The van der Waals surface area contributed by atoms with E-state index in [2.05, 4.69) is 0 Å². The summed E-state index contributed by atoms with van der Waals surface area (Å²) in [6.07, 6.45) is 0. The van der Waals surface area contributed by atoms with Gasteiger partial charge in [-0.05, 0) is 0 Å². The molecule has 0 aromatic heterocycles. The van der Waals surface area contributed by atoms with Crippen molar-refractivity contribution in [2.75, 3.05) is 0 Å². The zero-order chi connectivity index (χ0) is 4.50. The highest BCUT2D eigenvalue weighted by molar-refractivity contribution is 8.93. The fourth-order valence-corrected chi connectivity index (χ4v) is 0. The van der Waals surface area contributed by atoms with Crippen LogP contribution < -0.4 is 0 Å². The first-order valence-corrected chi connectivity index (χ1v) is 2.35. The maximum absolute atomic E-state index is 8.88. The highest BCUT2D eigenvalue weighted by Gasteiger charge is 2.00. The first kappa shape index (κ1) is 15.7. The zero-order valence-electron chi connectivity index (χ0n) is 3.01. The zero-order valence-corrected chi connectivity index (χ0v) is 6.44. The fourth-order valence-electron chi connectivity index (χ4n) is 0. The number of hydrogen-bond acceptors (Lipinski definition) is 1. The Kier molecular flexibility index (Phi) is 11.2. The first-order valence-electron chi connectivity index (χ1n) is 0.783. The van der Waals surface area contributed by atoms with E-state index in [1.165, 1.54) is 0 Å². The van der Waals surface area contributed by atoms with E-state index in [9.17, 15) is 0 Å². The molecule has 0 spiro atoms. The van der Waals surface area contributed by atoms with Crippen LogP contribution in [0, 0.1) is 0 Å². The fraction of sp³-hybridized carbons (Fsp3) is 0. The van der Waals surface area contributed by atoms with Gasteiger partial charge < -0.3 is 14.7 Å². The molecule has 0 radical (unpaired) electrons. The molecular formula is H5BrClO4P. The molecule has 0 saturated carbocycles. The van der Waals surface area contributed by atoms with Gasteiger partial charge in [0.1, 0.15) is 0 Å². The molecule has 0 heterocycles. The molecule has 0 aromatic carbocycles. The predicted molar refractivity (Wildman–Crippen MR) is 31.8 cm³/mol. The second-order valence-electron chi connectivity index (χ2n) is 0.513. The largest absolute Gasteiger partial charge is 0.466 e. The molecule has 0 saturated heterocycles. The standard InChI is InChI=1S/BrH.ClH.H3O4P/c;;1-5(2,3)4/h2*1H;(H3,1,2,3,4). The van der Waals surface area contributed by atoms with E-state index in [1.54, 1.807) is 0 Å². The van der Waals surface area contributed by atoms with Crippen molar-refractivity contribution in [2.24, 2.45) is 0 Å². The smallest absolute Gasteiger partial charge is 0.303 e. The Morgan fingerprint density at radius 1 is 1.14 bits per heavy atom. The van der Waals surface area contributed by atoms with Crippen LogP contribution in [0.2, 0.25) is 0 Å². The lowest BCUT2D eigenvalue weighted by Gasteiger charge is -1.82. The Morgan fingerprint density at radius 3 is 1.14 bits per heavy atom. The summed E-state index contributed by atoms with van der Waals surface area (Å²) in [5.41, 5.74) is 0. The van der Waals surface area contributed by atoms with Gasteiger partial charge in [-0.2, -0.15) is 0 Å². The van der Waals surface area contributed by atoms with Crippen molar-refractivity contribution in [2.45, 2.75) is 0 Å². The van der Waals surface area contributed by atoms with E-state index in [4.69, 9.17) is 19.2 Å². The second-order valence-corrected chi connectivity index (χ2v) is 1.54. The van der Waals surface area contributed by atoms with Gasteiger partial charge in [-0.3, -0.25) is 0 Å². The van der Waals surface area contributed by atoms with Crippen LogP contribution in [-0.2, 0) is 4.57 Å². The van der Waals surface area contributed by atoms with Crippen molar-refractivity contribution in [1.29, 1.82) is 0 Å². The molecule has 7 heteroatoms. The number of hydrogen-bond donors (Lipinski definition) is 3. The van der Waals surface area contributed by atoms with Gasteiger partial charge in [0.2, 0.25) is 0 Å². The minimum atomic E-state index is -4.64. The van der Waals surface area contributed by atoms with Crippen LogP contribution in [-0.4, -0.2) is 14.7 Å². The van der Waals surface area contributed by atoms with Crippen LogP contribution in [0.15, 0.2) is 0 Å². The molecule has 0 aliphatic carbocycles. The van der Waals surface area contributed by atoms with Gasteiger partial charge in [0, 0.05) is 0 Å². The second kappa shape index (κ2) is 5.03.